The molecule has 1 aromatic rings. The Hall–Kier alpha value is -1.71. The van der Waals surface area contributed by atoms with Gasteiger partial charge in [-0.2, -0.15) is 0 Å². The highest BCUT2D eigenvalue weighted by Gasteiger charge is 2.12. The predicted octanol–water partition coefficient (Wildman–Crippen LogP) is 4.55. The normalized spacial score (nSPS) is 12.5. The molecule has 1 N–H and O–H groups in total. The number of aryl methyl sites for hydroxylation is 1. The third kappa shape index (κ3) is 5.96. The Kier molecular flexibility index (Phi) is 7.07. The Morgan fingerprint density at radius 3 is 2.27 bits per heavy atom. The molecular weight excluding hydrogens is 280 g/mol. The lowest BCUT2D eigenvalue weighted by Gasteiger charge is -2.04. The molecular formula is C18H26O4. The van der Waals surface area contributed by atoms with E-state index in [2.05, 4.69) is 12.1 Å². The molecule has 0 saturated heterocycles. The van der Waals surface area contributed by atoms with Gasteiger partial charge in [-0.25, -0.2) is 0 Å². The van der Waals surface area contributed by atoms with Crippen LogP contribution in [0, 0.1) is 0 Å². The van der Waals surface area contributed by atoms with Crippen molar-refractivity contribution in [2.45, 2.75) is 64.2 Å². The standard InChI is InChI=1S/C18H26O4/c19-18(20)10-8-6-4-2-1-3-5-7-9-15-11-12-16-17(13-15)22-14-21-16/h11-13H,1-10,14H2,(H,19,20). The Morgan fingerprint density at radius 1 is 0.909 bits per heavy atom. The lowest BCUT2D eigenvalue weighted by atomic mass is 10.0. The van der Waals surface area contributed by atoms with E-state index >= 15 is 0 Å². The molecule has 0 spiro atoms. The van der Waals surface area contributed by atoms with Crippen LogP contribution in [0.3, 0.4) is 0 Å². The van der Waals surface area contributed by atoms with Crippen molar-refractivity contribution in [2.75, 3.05) is 6.79 Å². The van der Waals surface area contributed by atoms with E-state index in [1.54, 1.807) is 0 Å². The SMILES string of the molecule is O=C(O)CCCCCCCCCCc1ccc2c(c1)OCO2. The lowest BCUT2D eigenvalue weighted by molar-refractivity contribution is -0.137. The van der Waals surface area contributed by atoms with Gasteiger partial charge >= 0.3 is 5.97 Å². The van der Waals surface area contributed by atoms with Crippen molar-refractivity contribution >= 4 is 5.97 Å². The first-order chi connectivity index (χ1) is 10.8. The van der Waals surface area contributed by atoms with Crippen LogP contribution in [-0.2, 0) is 11.2 Å². The number of unbranched alkanes of at least 4 members (excludes halogenated alkanes) is 7. The molecule has 0 atom stereocenters. The van der Waals surface area contributed by atoms with E-state index < -0.39 is 5.97 Å². The molecule has 0 radical (unpaired) electrons. The molecule has 0 aromatic heterocycles. The van der Waals surface area contributed by atoms with Gasteiger partial charge in [0.05, 0.1) is 0 Å². The topological polar surface area (TPSA) is 55.8 Å². The molecule has 22 heavy (non-hydrogen) atoms. The van der Waals surface area contributed by atoms with Crippen LogP contribution in [-0.4, -0.2) is 17.9 Å². The van der Waals surface area contributed by atoms with Gasteiger partial charge in [-0.1, -0.05) is 44.6 Å². The van der Waals surface area contributed by atoms with Crippen LogP contribution in [0.4, 0.5) is 0 Å². The maximum atomic E-state index is 10.4. The van der Waals surface area contributed by atoms with Gasteiger partial charge in [-0.15, -0.1) is 0 Å². The maximum absolute atomic E-state index is 10.4. The van der Waals surface area contributed by atoms with E-state index in [0.29, 0.717) is 13.2 Å². The molecule has 0 bridgehead atoms. The molecule has 0 saturated carbocycles. The molecule has 1 aliphatic rings. The molecule has 4 heteroatoms. The minimum absolute atomic E-state index is 0.315. The van der Waals surface area contributed by atoms with Crippen LogP contribution >= 0.6 is 0 Å². The zero-order chi connectivity index (χ0) is 15.6. The quantitative estimate of drug-likeness (QED) is 0.609. The van der Waals surface area contributed by atoms with Gasteiger partial charge in [0.1, 0.15) is 0 Å². The highest BCUT2D eigenvalue weighted by molar-refractivity contribution is 5.66. The molecule has 0 amide bonds. The first-order valence-corrected chi connectivity index (χ1v) is 8.36. The number of hydrogen-bond acceptors (Lipinski definition) is 3. The summed E-state index contributed by atoms with van der Waals surface area (Å²) < 4.78 is 10.7. The fourth-order valence-electron chi connectivity index (χ4n) is 2.76. The van der Waals surface area contributed by atoms with Crippen LogP contribution in [0.15, 0.2) is 18.2 Å². The fraction of sp³-hybridized carbons (Fsp3) is 0.611. The van der Waals surface area contributed by atoms with Crippen LogP contribution in [0.25, 0.3) is 0 Å². The summed E-state index contributed by atoms with van der Waals surface area (Å²) in [5.41, 5.74) is 1.32. The monoisotopic (exact) mass is 306 g/mol. The van der Waals surface area contributed by atoms with Crippen LogP contribution in [0.2, 0.25) is 0 Å². The molecule has 122 valence electrons. The van der Waals surface area contributed by atoms with Crippen molar-refractivity contribution in [1.29, 1.82) is 0 Å². The van der Waals surface area contributed by atoms with Crippen molar-refractivity contribution in [2.24, 2.45) is 0 Å². The minimum atomic E-state index is -0.677. The summed E-state index contributed by atoms with van der Waals surface area (Å²) in [6.07, 6.45) is 10.6. The summed E-state index contributed by atoms with van der Waals surface area (Å²) in [7, 11) is 0. The van der Waals surface area contributed by atoms with E-state index in [0.717, 1.165) is 37.2 Å². The fourth-order valence-corrected chi connectivity index (χ4v) is 2.76. The van der Waals surface area contributed by atoms with E-state index in [1.165, 1.54) is 37.7 Å². The third-order valence-electron chi connectivity index (χ3n) is 4.04. The number of fused-ring (bicyclic) bond motifs is 1. The summed E-state index contributed by atoms with van der Waals surface area (Å²) in [6.45, 7) is 0.339. The number of hydrogen-bond donors (Lipinski definition) is 1. The molecule has 0 fully saturated rings. The van der Waals surface area contributed by atoms with E-state index in [9.17, 15) is 4.79 Å². The second-order valence-corrected chi connectivity index (χ2v) is 5.91. The van der Waals surface area contributed by atoms with Crippen molar-refractivity contribution in [3.05, 3.63) is 23.8 Å². The summed E-state index contributed by atoms with van der Waals surface area (Å²) in [5.74, 6) is 1.05. The summed E-state index contributed by atoms with van der Waals surface area (Å²) in [4.78, 5) is 10.4. The highest BCUT2D eigenvalue weighted by atomic mass is 16.7. The van der Waals surface area contributed by atoms with Gasteiger partial charge in [-0.05, 0) is 37.0 Å². The van der Waals surface area contributed by atoms with Gasteiger partial charge in [0.2, 0.25) is 6.79 Å². The number of benzene rings is 1. The maximum Gasteiger partial charge on any atom is 0.303 e. The molecule has 1 aromatic carbocycles. The van der Waals surface area contributed by atoms with Crippen molar-refractivity contribution in [3.8, 4) is 11.5 Å². The van der Waals surface area contributed by atoms with Gasteiger partial charge < -0.3 is 14.6 Å². The van der Waals surface area contributed by atoms with Crippen molar-refractivity contribution in [3.63, 3.8) is 0 Å². The van der Waals surface area contributed by atoms with Crippen LogP contribution < -0.4 is 9.47 Å². The third-order valence-corrected chi connectivity index (χ3v) is 4.04. The number of carboxylic acids is 1. The van der Waals surface area contributed by atoms with Crippen LogP contribution in [0.1, 0.15) is 63.4 Å². The largest absolute Gasteiger partial charge is 0.481 e. The van der Waals surface area contributed by atoms with Crippen molar-refractivity contribution in [1.82, 2.24) is 0 Å². The number of ether oxygens (including phenoxy) is 2. The lowest BCUT2D eigenvalue weighted by Crippen LogP contribution is -1.93. The molecule has 1 heterocycles. The second-order valence-electron chi connectivity index (χ2n) is 5.91. The molecule has 0 aliphatic carbocycles. The molecule has 0 unspecified atom stereocenters. The molecule has 1 aliphatic heterocycles. The van der Waals surface area contributed by atoms with Gasteiger partial charge in [0.25, 0.3) is 0 Å². The molecule has 4 nitrogen and oxygen atoms in total. The van der Waals surface area contributed by atoms with E-state index in [-0.39, 0.29) is 0 Å². The average molecular weight is 306 g/mol. The Balaban J connectivity index is 1.45. The first-order valence-electron chi connectivity index (χ1n) is 8.36. The van der Waals surface area contributed by atoms with Crippen molar-refractivity contribution < 1.29 is 19.4 Å². The summed E-state index contributed by atoms with van der Waals surface area (Å²) in [6, 6.07) is 6.20. The Labute approximate surface area is 132 Å². The summed E-state index contributed by atoms with van der Waals surface area (Å²) >= 11 is 0. The average Bonchev–Trinajstić information content (AvgIpc) is 2.96. The minimum Gasteiger partial charge on any atom is -0.481 e. The van der Waals surface area contributed by atoms with E-state index in [1.807, 2.05) is 6.07 Å². The number of rotatable bonds is 11. The smallest absolute Gasteiger partial charge is 0.303 e. The van der Waals surface area contributed by atoms with E-state index in [4.69, 9.17) is 14.6 Å². The van der Waals surface area contributed by atoms with Gasteiger partial charge in [0.15, 0.2) is 11.5 Å². The Bertz CT molecular complexity index is 470. The van der Waals surface area contributed by atoms with Crippen LogP contribution in [0.5, 0.6) is 11.5 Å². The zero-order valence-electron chi connectivity index (χ0n) is 13.2. The number of carbonyl (C=O) groups is 1. The first kappa shape index (κ1) is 16.7. The second kappa shape index (κ2) is 9.34. The zero-order valence-corrected chi connectivity index (χ0v) is 13.2. The summed E-state index contributed by atoms with van der Waals surface area (Å²) in [5, 5.41) is 8.54. The van der Waals surface area contributed by atoms with Gasteiger partial charge in [0, 0.05) is 6.42 Å². The van der Waals surface area contributed by atoms with Gasteiger partial charge in [-0.3, -0.25) is 4.79 Å². The number of aliphatic carboxylic acids is 1. The molecule has 2 rings (SSSR count). The highest BCUT2D eigenvalue weighted by Crippen LogP contribution is 2.32. The number of carboxylic acid groups (broad SMARTS) is 1. The Morgan fingerprint density at radius 2 is 1.55 bits per heavy atom. The predicted molar refractivity (Wildman–Crippen MR) is 85.5 cm³/mol.